The molecule has 1 N–H and O–H groups in total. The lowest BCUT2D eigenvalue weighted by Gasteiger charge is -2.06. The SMILES string of the molecule is COc1cccc(CC(=O)Nc2ccc(-c3nc4ccccc4s3)cn2)c1. The minimum atomic E-state index is -0.122. The van der Waals surface area contributed by atoms with Gasteiger partial charge < -0.3 is 10.1 Å². The zero-order chi connectivity index (χ0) is 18.6. The molecule has 0 saturated carbocycles. The molecule has 0 atom stereocenters. The Bertz CT molecular complexity index is 1060. The van der Waals surface area contributed by atoms with Crippen molar-refractivity contribution in [3.05, 3.63) is 72.4 Å². The zero-order valence-electron chi connectivity index (χ0n) is 14.7. The highest BCUT2D eigenvalue weighted by Crippen LogP contribution is 2.29. The van der Waals surface area contributed by atoms with Gasteiger partial charge in [0.15, 0.2) is 0 Å². The summed E-state index contributed by atoms with van der Waals surface area (Å²) < 4.78 is 6.32. The van der Waals surface area contributed by atoms with Gasteiger partial charge in [0, 0.05) is 11.8 Å². The maximum atomic E-state index is 12.3. The first kappa shape index (κ1) is 17.2. The number of pyridine rings is 1. The van der Waals surface area contributed by atoms with E-state index in [9.17, 15) is 4.79 Å². The van der Waals surface area contributed by atoms with E-state index in [0.29, 0.717) is 5.82 Å². The van der Waals surface area contributed by atoms with Gasteiger partial charge in [0.2, 0.25) is 5.91 Å². The summed E-state index contributed by atoms with van der Waals surface area (Å²) in [4.78, 5) is 21.2. The van der Waals surface area contributed by atoms with E-state index < -0.39 is 0 Å². The Kier molecular flexibility index (Phi) is 4.80. The summed E-state index contributed by atoms with van der Waals surface area (Å²) in [6, 6.07) is 19.2. The fourth-order valence-corrected chi connectivity index (χ4v) is 3.70. The number of hydrogen-bond donors (Lipinski definition) is 1. The van der Waals surface area contributed by atoms with Crippen LogP contribution in [0.3, 0.4) is 0 Å². The molecule has 4 rings (SSSR count). The molecule has 27 heavy (non-hydrogen) atoms. The molecule has 0 aliphatic rings. The minimum absolute atomic E-state index is 0.122. The number of para-hydroxylation sites is 1. The number of benzene rings is 2. The number of aromatic nitrogens is 2. The zero-order valence-corrected chi connectivity index (χ0v) is 15.5. The number of fused-ring (bicyclic) bond motifs is 1. The molecule has 0 unspecified atom stereocenters. The van der Waals surface area contributed by atoms with E-state index >= 15 is 0 Å². The lowest BCUT2D eigenvalue weighted by atomic mass is 10.1. The fraction of sp³-hybridized carbons (Fsp3) is 0.0952. The highest BCUT2D eigenvalue weighted by molar-refractivity contribution is 7.21. The second-order valence-corrected chi connectivity index (χ2v) is 7.03. The minimum Gasteiger partial charge on any atom is -0.497 e. The van der Waals surface area contributed by atoms with Crippen LogP contribution in [0.5, 0.6) is 5.75 Å². The molecule has 0 bridgehead atoms. The summed E-state index contributed by atoms with van der Waals surface area (Å²) in [5, 5.41) is 3.74. The number of methoxy groups -OCH3 is 1. The van der Waals surface area contributed by atoms with Crippen molar-refractivity contribution in [1.29, 1.82) is 0 Å². The summed E-state index contributed by atoms with van der Waals surface area (Å²) in [5.41, 5.74) is 2.80. The number of hydrogen-bond acceptors (Lipinski definition) is 5. The smallest absolute Gasteiger partial charge is 0.229 e. The average molecular weight is 375 g/mol. The van der Waals surface area contributed by atoms with Crippen LogP contribution in [-0.4, -0.2) is 23.0 Å². The van der Waals surface area contributed by atoms with Crippen LogP contribution < -0.4 is 10.1 Å². The van der Waals surface area contributed by atoms with Crippen LogP contribution in [0.15, 0.2) is 66.9 Å². The van der Waals surface area contributed by atoms with Gasteiger partial charge in [0.25, 0.3) is 0 Å². The van der Waals surface area contributed by atoms with Crippen molar-refractivity contribution in [3.8, 4) is 16.3 Å². The van der Waals surface area contributed by atoms with Crippen molar-refractivity contribution in [3.63, 3.8) is 0 Å². The Labute approximate surface area is 160 Å². The van der Waals surface area contributed by atoms with Crippen molar-refractivity contribution in [2.24, 2.45) is 0 Å². The molecule has 2 heterocycles. The van der Waals surface area contributed by atoms with Crippen molar-refractivity contribution < 1.29 is 9.53 Å². The maximum absolute atomic E-state index is 12.3. The van der Waals surface area contributed by atoms with E-state index in [-0.39, 0.29) is 12.3 Å². The van der Waals surface area contributed by atoms with Crippen LogP contribution >= 0.6 is 11.3 Å². The van der Waals surface area contributed by atoms with Gasteiger partial charge in [-0.05, 0) is 42.0 Å². The summed E-state index contributed by atoms with van der Waals surface area (Å²) in [6.45, 7) is 0. The number of anilines is 1. The summed E-state index contributed by atoms with van der Waals surface area (Å²) in [5.74, 6) is 1.13. The van der Waals surface area contributed by atoms with Crippen LogP contribution in [-0.2, 0) is 11.2 Å². The van der Waals surface area contributed by atoms with Crippen molar-refractivity contribution in [1.82, 2.24) is 9.97 Å². The van der Waals surface area contributed by atoms with Gasteiger partial charge in [-0.3, -0.25) is 4.79 Å². The second-order valence-electron chi connectivity index (χ2n) is 6.00. The van der Waals surface area contributed by atoms with Crippen molar-refractivity contribution in [2.75, 3.05) is 12.4 Å². The molecule has 2 aromatic heterocycles. The number of amides is 1. The third-order valence-electron chi connectivity index (χ3n) is 4.07. The Morgan fingerprint density at radius 2 is 2.00 bits per heavy atom. The highest BCUT2D eigenvalue weighted by atomic mass is 32.1. The molecular weight excluding hydrogens is 358 g/mol. The average Bonchev–Trinajstić information content (AvgIpc) is 3.13. The van der Waals surface area contributed by atoms with Gasteiger partial charge in [-0.2, -0.15) is 0 Å². The third kappa shape index (κ3) is 3.96. The predicted octanol–water partition coefficient (Wildman–Crippen LogP) is 4.55. The van der Waals surface area contributed by atoms with E-state index in [2.05, 4.69) is 21.4 Å². The van der Waals surface area contributed by atoms with E-state index in [0.717, 1.165) is 32.1 Å². The third-order valence-corrected chi connectivity index (χ3v) is 5.16. The van der Waals surface area contributed by atoms with Gasteiger partial charge in [0.1, 0.15) is 16.6 Å². The number of thiazole rings is 1. The predicted molar refractivity (Wildman–Crippen MR) is 108 cm³/mol. The molecule has 1 amide bonds. The van der Waals surface area contributed by atoms with Gasteiger partial charge in [-0.1, -0.05) is 24.3 Å². The van der Waals surface area contributed by atoms with Crippen LogP contribution in [0.25, 0.3) is 20.8 Å². The molecule has 5 nitrogen and oxygen atoms in total. The largest absolute Gasteiger partial charge is 0.497 e. The quantitative estimate of drug-likeness (QED) is 0.556. The molecule has 4 aromatic rings. The van der Waals surface area contributed by atoms with Crippen LogP contribution in [0, 0.1) is 0 Å². The molecule has 0 fully saturated rings. The normalized spacial score (nSPS) is 10.7. The summed E-state index contributed by atoms with van der Waals surface area (Å²) >= 11 is 1.63. The van der Waals surface area contributed by atoms with E-state index in [1.54, 1.807) is 30.7 Å². The van der Waals surface area contributed by atoms with Crippen LogP contribution in [0.4, 0.5) is 5.82 Å². The van der Waals surface area contributed by atoms with E-state index in [1.165, 1.54) is 0 Å². The Balaban J connectivity index is 1.44. The Morgan fingerprint density at radius 1 is 1.11 bits per heavy atom. The first-order valence-electron chi connectivity index (χ1n) is 8.46. The molecule has 6 heteroatoms. The number of nitrogens with zero attached hydrogens (tertiary/aromatic N) is 2. The van der Waals surface area contributed by atoms with Crippen molar-refractivity contribution >= 4 is 33.3 Å². The van der Waals surface area contributed by atoms with E-state index in [1.807, 2.05) is 48.5 Å². The fourth-order valence-electron chi connectivity index (χ4n) is 2.74. The first-order valence-corrected chi connectivity index (χ1v) is 9.28. The number of rotatable bonds is 5. The standard InChI is InChI=1S/C21H17N3O2S/c1-26-16-6-4-5-14(11-16)12-20(25)24-19-10-9-15(13-22-19)21-23-17-7-2-3-8-18(17)27-21/h2-11,13H,12H2,1H3,(H,22,24,25). The molecule has 0 spiro atoms. The number of ether oxygens (including phenoxy) is 1. The highest BCUT2D eigenvalue weighted by Gasteiger charge is 2.09. The molecule has 0 radical (unpaired) electrons. The van der Waals surface area contributed by atoms with Crippen LogP contribution in [0.1, 0.15) is 5.56 Å². The van der Waals surface area contributed by atoms with Crippen LogP contribution in [0.2, 0.25) is 0 Å². The topological polar surface area (TPSA) is 64.1 Å². The lowest BCUT2D eigenvalue weighted by Crippen LogP contribution is -2.15. The molecule has 134 valence electrons. The summed E-state index contributed by atoms with van der Waals surface area (Å²) in [6.07, 6.45) is 2.00. The Hall–Kier alpha value is -3.25. The van der Waals surface area contributed by atoms with Crippen molar-refractivity contribution in [2.45, 2.75) is 6.42 Å². The van der Waals surface area contributed by atoms with Gasteiger partial charge in [-0.25, -0.2) is 9.97 Å². The first-order chi connectivity index (χ1) is 13.2. The lowest BCUT2D eigenvalue weighted by molar-refractivity contribution is -0.115. The van der Waals surface area contributed by atoms with Gasteiger partial charge in [0.05, 0.1) is 23.7 Å². The monoisotopic (exact) mass is 375 g/mol. The molecule has 0 saturated heterocycles. The number of carbonyl (C=O) groups excluding carboxylic acids is 1. The molecule has 2 aromatic carbocycles. The number of carbonyl (C=O) groups is 1. The molecule has 0 aliphatic heterocycles. The molecular formula is C21H17N3O2S. The Morgan fingerprint density at radius 3 is 2.78 bits per heavy atom. The number of nitrogens with one attached hydrogen (secondary N) is 1. The summed E-state index contributed by atoms with van der Waals surface area (Å²) in [7, 11) is 1.61. The maximum Gasteiger partial charge on any atom is 0.229 e. The van der Waals surface area contributed by atoms with Gasteiger partial charge >= 0.3 is 0 Å². The second kappa shape index (κ2) is 7.55. The van der Waals surface area contributed by atoms with Gasteiger partial charge in [-0.15, -0.1) is 11.3 Å². The van der Waals surface area contributed by atoms with E-state index in [4.69, 9.17) is 4.74 Å². The molecule has 0 aliphatic carbocycles.